The Balaban J connectivity index is 2.09. The van der Waals surface area contributed by atoms with Crippen molar-refractivity contribution >= 4 is 0 Å². The van der Waals surface area contributed by atoms with Gasteiger partial charge < -0.3 is 54.7 Å². The van der Waals surface area contributed by atoms with E-state index in [1.54, 1.807) is 0 Å². The van der Waals surface area contributed by atoms with Crippen molar-refractivity contribution in [3.63, 3.8) is 0 Å². The highest BCUT2D eigenvalue weighted by molar-refractivity contribution is 4.94. The summed E-state index contributed by atoms with van der Waals surface area (Å²) in [5.74, 6) is 0. The first-order valence-electron chi connectivity index (χ1n) is 8.57. The number of hydrogen-bond acceptors (Lipinski definition) is 14. The molecule has 2 heterocycles. The molecule has 10 unspecified atom stereocenters. The van der Waals surface area contributed by atoms with E-state index in [1.165, 1.54) is 7.05 Å². The molecule has 0 spiro atoms. The van der Waals surface area contributed by atoms with Crippen LogP contribution >= 0.6 is 0 Å². The van der Waals surface area contributed by atoms with Gasteiger partial charge in [0.1, 0.15) is 55.6 Å². The van der Waals surface area contributed by atoms with Crippen LogP contribution in [-0.2, 0) is 18.9 Å². The minimum atomic E-state index is -1.75. The molecule has 0 radical (unpaired) electrons. The molecule has 14 heteroatoms. The summed E-state index contributed by atoms with van der Waals surface area (Å²) in [6, 6.07) is 0. The van der Waals surface area contributed by atoms with Gasteiger partial charge in [-0.3, -0.25) is 5.21 Å². The van der Waals surface area contributed by atoms with Gasteiger partial charge in [0.15, 0.2) is 12.6 Å². The highest BCUT2D eigenvalue weighted by atomic mass is 16.7. The average Bonchev–Trinajstić information content (AvgIpc) is 2.66. The standard InChI is InChI=1S/C14H28N2O12/c1-16(24)15-4-25-13-11(23)12(8(20)6(3-18)26-13)28-14-10(22)9(21)7(19)5(2-17)27-14/h5-15,17-24H,2-4H2,1H3. The number of rotatable bonds is 8. The molecule has 2 aliphatic heterocycles. The second kappa shape index (κ2) is 10.5. The Morgan fingerprint density at radius 3 is 1.96 bits per heavy atom. The number of nitrogens with zero attached hydrogens (tertiary/aromatic N) is 1. The van der Waals surface area contributed by atoms with Gasteiger partial charge in [0, 0.05) is 7.05 Å². The molecular weight excluding hydrogens is 388 g/mol. The van der Waals surface area contributed by atoms with Crippen molar-refractivity contribution in [2.24, 2.45) is 0 Å². The fraction of sp³-hybridized carbons (Fsp3) is 1.00. The predicted molar refractivity (Wildman–Crippen MR) is 85.0 cm³/mol. The molecule has 2 saturated heterocycles. The molecule has 0 aliphatic carbocycles. The Labute approximate surface area is 160 Å². The predicted octanol–water partition coefficient (Wildman–Crippen LogP) is -5.59. The van der Waals surface area contributed by atoms with Crippen molar-refractivity contribution in [2.45, 2.75) is 61.4 Å². The minimum Gasteiger partial charge on any atom is -0.394 e. The van der Waals surface area contributed by atoms with E-state index in [-0.39, 0.29) is 6.73 Å². The Morgan fingerprint density at radius 2 is 1.39 bits per heavy atom. The largest absolute Gasteiger partial charge is 0.394 e. The summed E-state index contributed by atoms with van der Waals surface area (Å²) in [6.07, 6.45) is -15.3. The van der Waals surface area contributed by atoms with Crippen LogP contribution in [-0.4, -0.2) is 135 Å². The first-order valence-corrected chi connectivity index (χ1v) is 8.57. The number of hydrogen-bond donors (Lipinski definition) is 9. The van der Waals surface area contributed by atoms with E-state index in [1.807, 2.05) is 0 Å². The van der Waals surface area contributed by atoms with Crippen molar-refractivity contribution in [1.82, 2.24) is 10.6 Å². The quantitative estimate of drug-likeness (QED) is 0.133. The van der Waals surface area contributed by atoms with Gasteiger partial charge in [-0.1, -0.05) is 0 Å². The van der Waals surface area contributed by atoms with Crippen molar-refractivity contribution in [3.05, 3.63) is 0 Å². The van der Waals surface area contributed by atoms with Crippen LogP contribution in [0.15, 0.2) is 0 Å². The smallest absolute Gasteiger partial charge is 0.188 e. The van der Waals surface area contributed by atoms with Crippen molar-refractivity contribution in [2.75, 3.05) is 27.0 Å². The summed E-state index contributed by atoms with van der Waals surface area (Å²) in [6.45, 7) is -1.65. The Hall–Kier alpha value is -0.560. The summed E-state index contributed by atoms with van der Waals surface area (Å²) in [5, 5.41) is 78.6. The lowest BCUT2D eigenvalue weighted by molar-refractivity contribution is -0.361. The molecule has 0 amide bonds. The Morgan fingerprint density at radius 1 is 0.821 bits per heavy atom. The SMILES string of the molecule is CN(O)NCOC1OC(CO)C(O)C(OC2OC(CO)C(O)C(O)C2O)C1O. The maximum absolute atomic E-state index is 10.4. The van der Waals surface area contributed by atoms with Crippen molar-refractivity contribution in [1.29, 1.82) is 0 Å². The zero-order valence-corrected chi connectivity index (χ0v) is 15.1. The Kier molecular flexibility index (Phi) is 8.86. The van der Waals surface area contributed by atoms with Gasteiger partial charge in [-0.2, -0.15) is 0 Å². The van der Waals surface area contributed by atoms with Gasteiger partial charge in [0.2, 0.25) is 0 Å². The third-order valence-corrected chi connectivity index (χ3v) is 4.50. The van der Waals surface area contributed by atoms with E-state index in [0.29, 0.717) is 5.17 Å². The number of hydroxylamine groups is 1. The van der Waals surface area contributed by atoms with Crippen molar-refractivity contribution < 1.29 is 59.9 Å². The average molecular weight is 416 g/mol. The van der Waals surface area contributed by atoms with Crippen LogP contribution in [0.1, 0.15) is 0 Å². The highest BCUT2D eigenvalue weighted by Crippen LogP contribution is 2.29. The van der Waals surface area contributed by atoms with Gasteiger partial charge in [-0.05, 0) is 0 Å². The lowest BCUT2D eigenvalue weighted by atomic mass is 9.97. The zero-order valence-electron chi connectivity index (χ0n) is 15.1. The summed E-state index contributed by atoms with van der Waals surface area (Å²) in [5.41, 5.74) is 2.34. The van der Waals surface area contributed by atoms with Gasteiger partial charge in [0.25, 0.3) is 0 Å². The molecule has 0 aromatic carbocycles. The number of ether oxygens (including phenoxy) is 4. The zero-order chi connectivity index (χ0) is 21.0. The van der Waals surface area contributed by atoms with E-state index < -0.39 is 74.6 Å². The molecule has 166 valence electrons. The number of hydrazine groups is 1. The summed E-state index contributed by atoms with van der Waals surface area (Å²) < 4.78 is 21.0. The van der Waals surface area contributed by atoms with Gasteiger partial charge >= 0.3 is 0 Å². The molecule has 0 aromatic rings. The number of aliphatic hydroxyl groups excluding tert-OH is 7. The van der Waals surface area contributed by atoms with Crippen LogP contribution in [0.5, 0.6) is 0 Å². The van der Waals surface area contributed by atoms with E-state index in [0.717, 1.165) is 0 Å². The molecule has 9 N–H and O–H groups in total. The number of aliphatic hydroxyl groups is 7. The second-order valence-corrected chi connectivity index (χ2v) is 6.50. The topological polar surface area (TPSA) is 214 Å². The molecular formula is C14H28N2O12. The molecule has 10 atom stereocenters. The Bertz CT molecular complexity index is 472. The van der Waals surface area contributed by atoms with Crippen LogP contribution in [0.2, 0.25) is 0 Å². The maximum Gasteiger partial charge on any atom is 0.188 e. The van der Waals surface area contributed by atoms with Crippen molar-refractivity contribution in [3.8, 4) is 0 Å². The highest BCUT2D eigenvalue weighted by Gasteiger charge is 2.50. The van der Waals surface area contributed by atoms with E-state index in [2.05, 4.69) is 5.43 Å². The van der Waals surface area contributed by atoms with Gasteiger partial charge in [-0.15, -0.1) is 5.17 Å². The third kappa shape index (κ3) is 5.32. The summed E-state index contributed by atoms with van der Waals surface area (Å²) >= 11 is 0. The summed E-state index contributed by atoms with van der Waals surface area (Å²) in [7, 11) is 1.27. The van der Waals surface area contributed by atoms with Crippen LogP contribution in [0, 0.1) is 0 Å². The second-order valence-electron chi connectivity index (χ2n) is 6.50. The summed E-state index contributed by atoms with van der Waals surface area (Å²) in [4.78, 5) is 0. The maximum atomic E-state index is 10.4. The first kappa shape index (κ1) is 23.7. The number of nitrogens with one attached hydrogen (secondary N) is 1. The van der Waals surface area contributed by atoms with Gasteiger partial charge in [0.05, 0.1) is 13.2 Å². The lowest BCUT2D eigenvalue weighted by Crippen LogP contribution is -2.65. The molecule has 28 heavy (non-hydrogen) atoms. The first-order chi connectivity index (χ1) is 13.2. The van der Waals surface area contributed by atoms with E-state index in [4.69, 9.17) is 24.2 Å². The van der Waals surface area contributed by atoms with E-state index in [9.17, 15) is 35.7 Å². The normalized spacial score (nSPS) is 44.8. The van der Waals surface area contributed by atoms with Gasteiger partial charge in [-0.25, -0.2) is 5.43 Å². The third-order valence-electron chi connectivity index (χ3n) is 4.50. The lowest BCUT2D eigenvalue weighted by Gasteiger charge is -2.45. The minimum absolute atomic E-state index is 0.310. The molecule has 2 aliphatic rings. The van der Waals surface area contributed by atoms with Crippen LogP contribution in [0.25, 0.3) is 0 Å². The molecule has 14 nitrogen and oxygen atoms in total. The fourth-order valence-electron chi connectivity index (χ4n) is 2.90. The molecule has 2 fully saturated rings. The van der Waals surface area contributed by atoms with Crippen LogP contribution in [0.3, 0.4) is 0 Å². The monoisotopic (exact) mass is 416 g/mol. The fourth-order valence-corrected chi connectivity index (χ4v) is 2.90. The molecule has 0 bridgehead atoms. The molecule has 0 saturated carbocycles. The molecule has 0 aromatic heterocycles. The molecule has 2 rings (SSSR count). The van der Waals surface area contributed by atoms with Crippen LogP contribution < -0.4 is 5.43 Å². The van der Waals surface area contributed by atoms with Crippen LogP contribution in [0.4, 0.5) is 0 Å². The van der Waals surface area contributed by atoms with E-state index >= 15 is 0 Å².